The maximum atomic E-state index is 12.3. The van der Waals surface area contributed by atoms with Gasteiger partial charge in [-0.25, -0.2) is 13.8 Å². The second-order valence-corrected chi connectivity index (χ2v) is 3.22. The molecule has 14 heavy (non-hydrogen) atoms. The lowest BCUT2D eigenvalue weighted by Crippen LogP contribution is -2.00. The van der Waals surface area contributed by atoms with Crippen LogP contribution in [0.4, 0.5) is 14.6 Å². The van der Waals surface area contributed by atoms with Crippen LogP contribution in [0.15, 0.2) is 12.3 Å². The fraction of sp³-hybridized carbons (Fsp3) is 0.500. The van der Waals surface area contributed by atoms with E-state index in [0.717, 1.165) is 31.0 Å². The highest BCUT2D eigenvalue weighted by Crippen LogP contribution is 2.22. The summed E-state index contributed by atoms with van der Waals surface area (Å²) in [6, 6.07) is 1.45. The molecule has 0 atom stereocenters. The highest BCUT2D eigenvalue weighted by molar-refractivity contribution is 5.41. The van der Waals surface area contributed by atoms with Gasteiger partial charge in [0.2, 0.25) is 0 Å². The number of alkyl halides is 2. The minimum Gasteiger partial charge on any atom is -0.383 e. The number of rotatable bonds is 4. The molecule has 0 saturated carbocycles. The molecule has 0 aromatic carbocycles. The van der Waals surface area contributed by atoms with Crippen molar-refractivity contribution in [3.05, 3.63) is 23.4 Å². The first-order valence-corrected chi connectivity index (χ1v) is 4.67. The molecule has 0 spiro atoms. The third-order valence-corrected chi connectivity index (χ3v) is 2.07. The van der Waals surface area contributed by atoms with Crippen molar-refractivity contribution in [1.82, 2.24) is 4.98 Å². The van der Waals surface area contributed by atoms with Gasteiger partial charge in [-0.15, -0.1) is 0 Å². The van der Waals surface area contributed by atoms with E-state index in [4.69, 9.17) is 5.73 Å². The topological polar surface area (TPSA) is 38.9 Å². The van der Waals surface area contributed by atoms with Crippen molar-refractivity contribution in [3.8, 4) is 0 Å². The van der Waals surface area contributed by atoms with E-state index in [2.05, 4.69) is 4.98 Å². The molecule has 0 aliphatic carbocycles. The zero-order valence-corrected chi connectivity index (χ0v) is 8.13. The maximum absolute atomic E-state index is 12.3. The highest BCUT2D eigenvalue weighted by Gasteiger charge is 2.09. The van der Waals surface area contributed by atoms with Gasteiger partial charge in [-0.2, -0.15) is 0 Å². The Morgan fingerprint density at radius 2 is 2.21 bits per heavy atom. The Hall–Kier alpha value is -1.19. The van der Waals surface area contributed by atoms with Crippen molar-refractivity contribution in [2.45, 2.75) is 32.6 Å². The Morgan fingerprint density at radius 1 is 1.50 bits per heavy atom. The van der Waals surface area contributed by atoms with Gasteiger partial charge < -0.3 is 5.73 Å². The fourth-order valence-corrected chi connectivity index (χ4v) is 1.23. The minimum absolute atomic E-state index is 0.0506. The molecule has 2 N–H and O–H groups in total. The number of hydrogen-bond donors (Lipinski definition) is 1. The quantitative estimate of drug-likeness (QED) is 0.811. The summed E-state index contributed by atoms with van der Waals surface area (Å²) in [5.74, 6) is 0.364. The number of pyridine rings is 1. The summed E-state index contributed by atoms with van der Waals surface area (Å²) in [6.45, 7) is 2.04. The summed E-state index contributed by atoms with van der Waals surface area (Å²) in [4.78, 5) is 3.75. The Bertz CT molecular complexity index is 300. The standard InChI is InChI=1S/C10H14F2N2/c1-2-3-4-7-5-8(9(11)12)6-14-10(7)13/h5-6,9H,2-4H2,1H3,(H2,13,14). The molecule has 4 heteroatoms. The number of unbranched alkanes of at least 4 members (excludes halogenated alkanes) is 1. The summed E-state index contributed by atoms with van der Waals surface area (Å²) in [6.07, 6.45) is 1.34. The molecular formula is C10H14F2N2. The van der Waals surface area contributed by atoms with Crippen molar-refractivity contribution in [2.75, 3.05) is 5.73 Å². The Kier molecular flexibility index (Phi) is 3.80. The van der Waals surface area contributed by atoms with Crippen LogP contribution in [0, 0.1) is 0 Å². The molecule has 1 aromatic rings. The zero-order chi connectivity index (χ0) is 10.6. The van der Waals surface area contributed by atoms with Gasteiger partial charge in [-0.1, -0.05) is 13.3 Å². The lowest BCUT2D eigenvalue weighted by atomic mass is 10.1. The van der Waals surface area contributed by atoms with Gasteiger partial charge in [-0.3, -0.25) is 0 Å². The number of anilines is 1. The Labute approximate surface area is 82.1 Å². The number of nitrogens with two attached hydrogens (primary N) is 1. The van der Waals surface area contributed by atoms with Gasteiger partial charge >= 0.3 is 0 Å². The van der Waals surface area contributed by atoms with E-state index in [1.165, 1.54) is 6.07 Å². The average Bonchev–Trinajstić information content (AvgIpc) is 2.16. The molecule has 0 bridgehead atoms. The van der Waals surface area contributed by atoms with Crippen LogP contribution in [-0.2, 0) is 6.42 Å². The van der Waals surface area contributed by atoms with Crippen LogP contribution < -0.4 is 5.73 Å². The molecule has 2 nitrogen and oxygen atoms in total. The number of aromatic nitrogens is 1. The van der Waals surface area contributed by atoms with Crippen LogP contribution in [0.3, 0.4) is 0 Å². The van der Waals surface area contributed by atoms with Gasteiger partial charge in [0.15, 0.2) is 0 Å². The second-order valence-electron chi connectivity index (χ2n) is 3.22. The predicted octanol–water partition coefficient (Wildman–Crippen LogP) is 2.94. The third kappa shape index (κ3) is 2.65. The molecule has 0 aliphatic rings. The number of aryl methyl sites for hydroxylation is 1. The van der Waals surface area contributed by atoms with E-state index < -0.39 is 6.43 Å². The van der Waals surface area contributed by atoms with Gasteiger partial charge in [0.05, 0.1) is 0 Å². The van der Waals surface area contributed by atoms with Gasteiger partial charge in [0.25, 0.3) is 6.43 Å². The summed E-state index contributed by atoms with van der Waals surface area (Å²) in [5, 5.41) is 0. The lowest BCUT2D eigenvalue weighted by Gasteiger charge is -2.06. The Morgan fingerprint density at radius 3 is 2.79 bits per heavy atom. The molecule has 0 aliphatic heterocycles. The molecule has 1 heterocycles. The fourth-order valence-electron chi connectivity index (χ4n) is 1.23. The van der Waals surface area contributed by atoms with Crippen LogP contribution in [0.2, 0.25) is 0 Å². The van der Waals surface area contributed by atoms with Crippen LogP contribution >= 0.6 is 0 Å². The highest BCUT2D eigenvalue weighted by atomic mass is 19.3. The zero-order valence-electron chi connectivity index (χ0n) is 8.13. The van der Waals surface area contributed by atoms with Crippen LogP contribution in [0.1, 0.15) is 37.3 Å². The smallest absolute Gasteiger partial charge is 0.265 e. The third-order valence-electron chi connectivity index (χ3n) is 2.07. The molecule has 0 radical (unpaired) electrons. The lowest BCUT2D eigenvalue weighted by molar-refractivity contribution is 0.151. The van der Waals surface area contributed by atoms with Crippen molar-refractivity contribution >= 4 is 5.82 Å². The second kappa shape index (κ2) is 4.88. The molecule has 78 valence electrons. The van der Waals surface area contributed by atoms with E-state index in [0.29, 0.717) is 5.82 Å². The summed E-state index contributed by atoms with van der Waals surface area (Å²) in [7, 11) is 0. The normalized spacial score (nSPS) is 10.9. The van der Waals surface area contributed by atoms with E-state index in [-0.39, 0.29) is 5.56 Å². The van der Waals surface area contributed by atoms with Crippen molar-refractivity contribution in [2.24, 2.45) is 0 Å². The van der Waals surface area contributed by atoms with Gasteiger partial charge in [0, 0.05) is 11.8 Å². The first-order valence-electron chi connectivity index (χ1n) is 4.67. The van der Waals surface area contributed by atoms with Crippen molar-refractivity contribution < 1.29 is 8.78 Å². The van der Waals surface area contributed by atoms with Crippen molar-refractivity contribution in [1.29, 1.82) is 0 Å². The number of nitrogen functional groups attached to an aromatic ring is 1. The Balaban J connectivity index is 2.85. The van der Waals surface area contributed by atoms with Crippen molar-refractivity contribution in [3.63, 3.8) is 0 Å². The predicted molar refractivity (Wildman–Crippen MR) is 52.2 cm³/mol. The van der Waals surface area contributed by atoms with E-state index >= 15 is 0 Å². The van der Waals surface area contributed by atoms with Crippen LogP contribution in [0.5, 0.6) is 0 Å². The SMILES string of the molecule is CCCCc1cc(C(F)F)cnc1N. The molecule has 1 aromatic heterocycles. The van der Waals surface area contributed by atoms with E-state index in [9.17, 15) is 8.78 Å². The molecule has 0 amide bonds. The average molecular weight is 200 g/mol. The van der Waals surface area contributed by atoms with Gasteiger partial charge in [0.1, 0.15) is 5.82 Å². The minimum atomic E-state index is -2.47. The largest absolute Gasteiger partial charge is 0.383 e. The first-order chi connectivity index (χ1) is 6.65. The van der Waals surface area contributed by atoms with E-state index in [1.54, 1.807) is 0 Å². The summed E-state index contributed by atoms with van der Waals surface area (Å²) >= 11 is 0. The molecule has 1 rings (SSSR count). The summed E-state index contributed by atoms with van der Waals surface area (Å²) < 4.78 is 24.6. The molecule has 0 saturated heterocycles. The molecule has 0 fully saturated rings. The van der Waals surface area contributed by atoms with Crippen LogP contribution in [0.25, 0.3) is 0 Å². The number of halogens is 2. The summed E-state index contributed by atoms with van der Waals surface area (Å²) in [5.41, 5.74) is 6.25. The van der Waals surface area contributed by atoms with E-state index in [1.807, 2.05) is 6.92 Å². The number of nitrogens with zero attached hydrogens (tertiary/aromatic N) is 1. The van der Waals surface area contributed by atoms with Crippen LogP contribution in [-0.4, -0.2) is 4.98 Å². The first kappa shape index (κ1) is 10.9. The molecular weight excluding hydrogens is 186 g/mol. The van der Waals surface area contributed by atoms with Gasteiger partial charge in [-0.05, 0) is 24.5 Å². The maximum Gasteiger partial charge on any atom is 0.265 e. The monoisotopic (exact) mass is 200 g/mol. The molecule has 0 unspecified atom stereocenters. The number of hydrogen-bond acceptors (Lipinski definition) is 2.